The Morgan fingerprint density at radius 3 is 2.56 bits per heavy atom. The Kier molecular flexibility index (Phi) is 8.32. The van der Waals surface area contributed by atoms with E-state index in [1.165, 1.54) is 6.33 Å². The van der Waals surface area contributed by atoms with Crippen LogP contribution in [0.15, 0.2) is 24.5 Å². The molecule has 3 heterocycles. The third-order valence-electron chi connectivity index (χ3n) is 5.24. The van der Waals surface area contributed by atoms with Gasteiger partial charge in [0.2, 0.25) is 11.8 Å². The van der Waals surface area contributed by atoms with Crippen molar-refractivity contribution in [1.82, 2.24) is 20.0 Å². The highest BCUT2D eigenvalue weighted by atomic mass is 16.8. The van der Waals surface area contributed by atoms with E-state index in [0.717, 1.165) is 25.2 Å². The van der Waals surface area contributed by atoms with Crippen molar-refractivity contribution in [2.75, 3.05) is 51.1 Å². The summed E-state index contributed by atoms with van der Waals surface area (Å²) in [7, 11) is 5.11. The van der Waals surface area contributed by atoms with Crippen LogP contribution in [0.5, 0.6) is 11.8 Å². The number of hydrogen-bond acceptors (Lipinski definition) is 11. The number of ether oxygens (including phenoxy) is 3. The monoisotopic (exact) mass is 474 g/mol. The lowest BCUT2D eigenvalue weighted by atomic mass is 9.97. The first-order valence-electron chi connectivity index (χ1n) is 11.2. The molecule has 11 nitrogen and oxygen atoms in total. The van der Waals surface area contributed by atoms with E-state index < -0.39 is 11.8 Å². The summed E-state index contributed by atoms with van der Waals surface area (Å²) < 4.78 is 15.7. The van der Waals surface area contributed by atoms with Crippen LogP contribution in [0.4, 0.5) is 22.1 Å². The van der Waals surface area contributed by atoms with E-state index >= 15 is 0 Å². The van der Waals surface area contributed by atoms with Crippen LogP contribution in [0.25, 0.3) is 0 Å². The number of anilines is 3. The molecule has 186 valence electrons. The molecule has 1 aliphatic heterocycles. The highest BCUT2D eigenvalue weighted by Gasteiger charge is 2.26. The van der Waals surface area contributed by atoms with E-state index in [-0.39, 0.29) is 0 Å². The number of methoxy groups -OCH3 is 2. The molecule has 1 fully saturated rings. The number of rotatable bonds is 8. The lowest BCUT2D eigenvalue weighted by molar-refractivity contribution is -0.154. The molecule has 3 rings (SSSR count). The van der Waals surface area contributed by atoms with Crippen LogP contribution in [0, 0.1) is 5.92 Å². The van der Waals surface area contributed by atoms with Crippen LogP contribution in [-0.4, -0.2) is 72.7 Å². The van der Waals surface area contributed by atoms with Crippen molar-refractivity contribution in [3.63, 3.8) is 0 Å². The van der Waals surface area contributed by atoms with Gasteiger partial charge in [-0.1, -0.05) is 0 Å². The molecule has 0 saturated carbocycles. The van der Waals surface area contributed by atoms with Gasteiger partial charge in [0.15, 0.2) is 0 Å². The van der Waals surface area contributed by atoms with E-state index in [9.17, 15) is 4.79 Å². The SMILES string of the molecule is COc1ccc(Nc2cc(N(C)CC3CCN(OC(=O)OC(C)(C)C)CC3)ncn2)c(OC)n1. The number of hydrogen-bond donors (Lipinski definition) is 1. The molecule has 0 radical (unpaired) electrons. The third kappa shape index (κ3) is 7.34. The number of carbonyl (C=O) groups excluding carboxylic acids is 1. The van der Waals surface area contributed by atoms with Crippen molar-refractivity contribution in [3.05, 3.63) is 24.5 Å². The molecule has 0 bridgehead atoms. The van der Waals surface area contributed by atoms with E-state index in [1.54, 1.807) is 25.3 Å². The maximum Gasteiger partial charge on any atom is 0.528 e. The highest BCUT2D eigenvalue weighted by molar-refractivity contribution is 5.64. The van der Waals surface area contributed by atoms with E-state index in [2.05, 4.69) is 25.2 Å². The standard InChI is InChI=1S/C23H34N6O5/c1-23(2,3)33-22(30)34-29-11-9-16(10-12-29)14-28(4)19-13-18(24-15-25-19)26-17-7-8-20(31-5)27-21(17)32-6/h7-8,13,15-16H,9-12,14H2,1-6H3,(H,24,25,26). The second-order valence-electron chi connectivity index (χ2n) is 9.11. The maximum atomic E-state index is 11.9. The average Bonchev–Trinajstić information content (AvgIpc) is 2.79. The topological polar surface area (TPSA) is 111 Å². The van der Waals surface area contributed by atoms with Gasteiger partial charge in [-0.15, -0.1) is 5.06 Å². The van der Waals surface area contributed by atoms with Gasteiger partial charge in [0.1, 0.15) is 29.3 Å². The molecule has 2 aromatic heterocycles. The number of nitrogens with zero attached hydrogens (tertiary/aromatic N) is 5. The minimum Gasteiger partial charge on any atom is -0.481 e. The Hall–Kier alpha value is -3.34. The van der Waals surface area contributed by atoms with Crippen molar-refractivity contribution >= 4 is 23.5 Å². The van der Waals surface area contributed by atoms with Gasteiger partial charge in [-0.05, 0) is 45.6 Å². The van der Waals surface area contributed by atoms with Crippen molar-refractivity contribution in [3.8, 4) is 11.8 Å². The molecule has 0 aliphatic carbocycles. The second-order valence-corrected chi connectivity index (χ2v) is 9.11. The van der Waals surface area contributed by atoms with Gasteiger partial charge in [-0.3, -0.25) is 0 Å². The number of piperidine rings is 1. The zero-order valence-corrected chi connectivity index (χ0v) is 20.7. The van der Waals surface area contributed by atoms with Crippen molar-refractivity contribution < 1.29 is 23.8 Å². The summed E-state index contributed by atoms with van der Waals surface area (Å²) in [5, 5.41) is 4.90. The van der Waals surface area contributed by atoms with Gasteiger partial charge >= 0.3 is 6.16 Å². The van der Waals surface area contributed by atoms with Crippen molar-refractivity contribution in [2.24, 2.45) is 5.92 Å². The summed E-state index contributed by atoms with van der Waals surface area (Å²) in [6.07, 6.45) is 2.66. The van der Waals surface area contributed by atoms with Crippen LogP contribution in [0.1, 0.15) is 33.6 Å². The first-order valence-corrected chi connectivity index (χ1v) is 11.2. The fourth-order valence-electron chi connectivity index (χ4n) is 3.59. The number of nitrogens with one attached hydrogen (secondary N) is 1. The number of aromatic nitrogens is 3. The Labute approximate surface area is 200 Å². The van der Waals surface area contributed by atoms with Gasteiger partial charge in [0, 0.05) is 38.8 Å². The first-order chi connectivity index (χ1) is 16.2. The smallest absolute Gasteiger partial charge is 0.481 e. The normalized spacial score (nSPS) is 14.9. The zero-order valence-electron chi connectivity index (χ0n) is 20.7. The number of hydroxylamine groups is 2. The van der Waals surface area contributed by atoms with Crippen LogP contribution in [0.3, 0.4) is 0 Å². The quantitative estimate of drug-likeness (QED) is 0.566. The molecule has 0 spiro atoms. The van der Waals surface area contributed by atoms with Gasteiger partial charge in [-0.2, -0.15) is 4.98 Å². The Bertz CT molecular complexity index is 959. The van der Waals surface area contributed by atoms with E-state index in [0.29, 0.717) is 42.3 Å². The molecular formula is C23H34N6O5. The second kappa shape index (κ2) is 11.2. The third-order valence-corrected chi connectivity index (χ3v) is 5.24. The molecule has 0 unspecified atom stereocenters. The summed E-state index contributed by atoms with van der Waals surface area (Å²) in [6.45, 7) is 7.60. The molecule has 2 aromatic rings. The van der Waals surface area contributed by atoms with Crippen LogP contribution in [0.2, 0.25) is 0 Å². The number of carbonyl (C=O) groups is 1. The summed E-state index contributed by atoms with van der Waals surface area (Å²) in [5.41, 5.74) is 0.103. The first kappa shape index (κ1) is 25.3. The van der Waals surface area contributed by atoms with Crippen LogP contribution >= 0.6 is 0 Å². The molecule has 1 saturated heterocycles. The Morgan fingerprint density at radius 2 is 1.91 bits per heavy atom. The summed E-state index contributed by atoms with van der Waals surface area (Å²) in [4.78, 5) is 32.3. The van der Waals surface area contributed by atoms with E-state index in [4.69, 9.17) is 19.0 Å². The van der Waals surface area contributed by atoms with Gasteiger partial charge in [0.25, 0.3) is 0 Å². The molecule has 1 aliphatic rings. The summed E-state index contributed by atoms with van der Waals surface area (Å²) in [5.74, 6) is 2.75. The predicted octanol–water partition coefficient (Wildman–Crippen LogP) is 3.65. The van der Waals surface area contributed by atoms with Gasteiger partial charge < -0.3 is 29.3 Å². The molecule has 11 heteroatoms. The molecular weight excluding hydrogens is 440 g/mol. The van der Waals surface area contributed by atoms with E-state index in [1.807, 2.05) is 40.0 Å². The lowest BCUT2D eigenvalue weighted by Crippen LogP contribution is -2.40. The highest BCUT2D eigenvalue weighted by Crippen LogP contribution is 2.28. The Balaban J connectivity index is 1.53. The minimum absolute atomic E-state index is 0.410. The predicted molar refractivity (Wildman–Crippen MR) is 128 cm³/mol. The summed E-state index contributed by atoms with van der Waals surface area (Å²) >= 11 is 0. The van der Waals surface area contributed by atoms with Crippen LogP contribution < -0.4 is 19.7 Å². The zero-order chi connectivity index (χ0) is 24.7. The van der Waals surface area contributed by atoms with Gasteiger partial charge in [-0.25, -0.2) is 14.8 Å². The maximum absolute atomic E-state index is 11.9. The van der Waals surface area contributed by atoms with Crippen LogP contribution in [-0.2, 0) is 9.57 Å². The van der Waals surface area contributed by atoms with Gasteiger partial charge in [0.05, 0.1) is 14.2 Å². The fourth-order valence-corrected chi connectivity index (χ4v) is 3.59. The fraction of sp³-hybridized carbons (Fsp3) is 0.565. The molecule has 34 heavy (non-hydrogen) atoms. The van der Waals surface area contributed by atoms with Crippen molar-refractivity contribution in [2.45, 2.75) is 39.2 Å². The molecule has 0 aromatic carbocycles. The average molecular weight is 475 g/mol. The summed E-state index contributed by atoms with van der Waals surface area (Å²) in [6, 6.07) is 5.45. The number of pyridine rings is 1. The minimum atomic E-state index is -0.659. The molecule has 1 N–H and O–H groups in total. The molecule has 0 atom stereocenters. The van der Waals surface area contributed by atoms with Crippen molar-refractivity contribution in [1.29, 1.82) is 0 Å². The lowest BCUT2D eigenvalue weighted by Gasteiger charge is -2.33. The largest absolute Gasteiger partial charge is 0.528 e. The molecule has 0 amide bonds. The Morgan fingerprint density at radius 1 is 1.18 bits per heavy atom.